The number of aromatic nitrogens is 4. The molecular formula is C23H20N6O3S3. The molecule has 0 radical (unpaired) electrons. The van der Waals surface area contributed by atoms with Crippen LogP contribution in [0, 0.1) is 0 Å². The van der Waals surface area contributed by atoms with Crippen molar-refractivity contribution in [3.63, 3.8) is 0 Å². The summed E-state index contributed by atoms with van der Waals surface area (Å²) < 4.78 is 6.11. The molecule has 5 rings (SSSR count). The zero-order valence-corrected chi connectivity index (χ0v) is 21.3. The lowest BCUT2D eigenvalue weighted by molar-refractivity contribution is 0.0520. The first-order valence-electron chi connectivity index (χ1n) is 10.8. The minimum atomic E-state index is -0.434. The number of ether oxygens (including phenoxy) is 1. The van der Waals surface area contributed by atoms with Gasteiger partial charge in [0.2, 0.25) is 5.95 Å². The molecule has 0 saturated heterocycles. The largest absolute Gasteiger partial charge is 0.461 e. The molecule has 2 amide bonds. The predicted molar refractivity (Wildman–Crippen MR) is 141 cm³/mol. The van der Waals surface area contributed by atoms with Gasteiger partial charge in [0.15, 0.2) is 5.69 Å². The molecule has 178 valence electrons. The fraction of sp³-hybridized carbons (Fsp3) is 0.217. The highest BCUT2D eigenvalue weighted by atomic mass is 32.2. The average molecular weight is 525 g/mol. The summed E-state index contributed by atoms with van der Waals surface area (Å²) in [4.78, 5) is 43.6. The standard InChI is InChI=1S/C23H20N6O3S3/c1-3-24-23(31)29-22-27-14-10-33-17(19-26-15(11-34-19)21(30)32-4-2)9-12(14)18(28-22)20-25-13-7-5-6-8-16(13)35-20/h5-9,11H,3-4,10H2,1-2H3,(H2,24,27,28,29,31). The Kier molecular flexibility index (Phi) is 6.75. The molecule has 1 aromatic carbocycles. The number of thiazole rings is 2. The van der Waals surface area contributed by atoms with E-state index in [0.717, 1.165) is 36.4 Å². The second-order valence-corrected chi connectivity index (χ2v) is 10.2. The van der Waals surface area contributed by atoms with E-state index in [1.165, 1.54) is 22.7 Å². The number of carbonyl (C=O) groups excluding carboxylic acids is 2. The van der Waals surface area contributed by atoms with E-state index in [2.05, 4.69) is 25.6 Å². The Labute approximate surface area is 213 Å². The lowest BCUT2D eigenvalue weighted by Crippen LogP contribution is -2.29. The fourth-order valence-electron chi connectivity index (χ4n) is 3.40. The van der Waals surface area contributed by atoms with Crippen LogP contribution in [0.1, 0.15) is 40.6 Å². The summed E-state index contributed by atoms with van der Waals surface area (Å²) in [6.45, 7) is 4.39. The monoisotopic (exact) mass is 524 g/mol. The SMILES string of the molecule is CCNC(=O)Nc1nc2c(c(-c3nc4ccccc4s3)n1)C=C(c1nc(C(=O)OCC)cs1)SC2. The highest BCUT2D eigenvalue weighted by Gasteiger charge is 2.24. The second kappa shape index (κ2) is 10.1. The van der Waals surface area contributed by atoms with Crippen LogP contribution in [0.15, 0.2) is 29.6 Å². The smallest absolute Gasteiger partial charge is 0.357 e. The van der Waals surface area contributed by atoms with Crippen molar-refractivity contribution in [3.05, 3.63) is 51.6 Å². The van der Waals surface area contributed by atoms with Crippen molar-refractivity contribution in [2.24, 2.45) is 0 Å². The Hall–Kier alpha value is -3.35. The first-order chi connectivity index (χ1) is 17.1. The first-order valence-corrected chi connectivity index (χ1v) is 13.5. The zero-order chi connectivity index (χ0) is 24.4. The maximum absolute atomic E-state index is 12.1. The van der Waals surface area contributed by atoms with Gasteiger partial charge < -0.3 is 10.1 Å². The number of urea groups is 1. The maximum Gasteiger partial charge on any atom is 0.357 e. The summed E-state index contributed by atoms with van der Waals surface area (Å²) in [7, 11) is 0. The molecule has 35 heavy (non-hydrogen) atoms. The molecule has 12 heteroatoms. The number of fused-ring (bicyclic) bond motifs is 2. The topological polar surface area (TPSA) is 119 Å². The van der Waals surface area contributed by atoms with Gasteiger partial charge in [-0.15, -0.1) is 34.4 Å². The molecule has 4 aromatic rings. The van der Waals surface area contributed by atoms with Crippen molar-refractivity contribution in [2.75, 3.05) is 18.5 Å². The summed E-state index contributed by atoms with van der Waals surface area (Å²) in [5.74, 6) is 0.344. The van der Waals surface area contributed by atoms with Crippen LogP contribution >= 0.6 is 34.4 Å². The predicted octanol–water partition coefficient (Wildman–Crippen LogP) is 5.27. The molecule has 4 heterocycles. The quantitative estimate of drug-likeness (QED) is 0.327. The van der Waals surface area contributed by atoms with Crippen LogP contribution in [0.2, 0.25) is 0 Å². The molecule has 0 bridgehead atoms. The molecule has 2 N–H and O–H groups in total. The summed E-state index contributed by atoms with van der Waals surface area (Å²) in [6.07, 6.45) is 1.98. The maximum atomic E-state index is 12.1. The molecule has 3 aromatic heterocycles. The lowest BCUT2D eigenvalue weighted by atomic mass is 10.1. The van der Waals surface area contributed by atoms with E-state index in [-0.39, 0.29) is 12.0 Å². The second-order valence-electron chi connectivity index (χ2n) is 7.28. The highest BCUT2D eigenvalue weighted by Crippen LogP contribution is 2.42. The number of nitrogens with zero attached hydrogens (tertiary/aromatic N) is 4. The Bertz CT molecular complexity index is 1430. The number of thioether (sulfide) groups is 1. The summed E-state index contributed by atoms with van der Waals surface area (Å²) in [6, 6.07) is 7.53. The van der Waals surface area contributed by atoms with Crippen LogP contribution in [-0.4, -0.2) is 45.1 Å². The number of nitrogens with one attached hydrogen (secondary N) is 2. The molecule has 1 aliphatic heterocycles. The van der Waals surface area contributed by atoms with Gasteiger partial charge in [-0.05, 0) is 32.1 Å². The Morgan fingerprint density at radius 1 is 1.09 bits per heavy atom. The highest BCUT2D eigenvalue weighted by molar-refractivity contribution is 8.08. The van der Waals surface area contributed by atoms with Crippen molar-refractivity contribution in [3.8, 4) is 10.7 Å². The van der Waals surface area contributed by atoms with Gasteiger partial charge in [-0.2, -0.15) is 0 Å². The summed E-state index contributed by atoms with van der Waals surface area (Å²) in [5.41, 5.74) is 3.43. The number of rotatable bonds is 6. The number of hydrogen-bond donors (Lipinski definition) is 2. The van der Waals surface area contributed by atoms with Crippen molar-refractivity contribution in [2.45, 2.75) is 19.6 Å². The number of para-hydroxylation sites is 1. The van der Waals surface area contributed by atoms with Gasteiger partial charge in [0, 0.05) is 28.1 Å². The Morgan fingerprint density at radius 2 is 1.94 bits per heavy atom. The van der Waals surface area contributed by atoms with Crippen LogP contribution < -0.4 is 10.6 Å². The van der Waals surface area contributed by atoms with Crippen LogP contribution in [0.25, 0.3) is 31.9 Å². The van der Waals surface area contributed by atoms with Gasteiger partial charge in [-0.1, -0.05) is 12.1 Å². The molecule has 1 aliphatic rings. The number of hydrogen-bond acceptors (Lipinski definition) is 10. The normalized spacial score (nSPS) is 12.7. The molecule has 0 unspecified atom stereocenters. The van der Waals surface area contributed by atoms with Gasteiger partial charge in [0.1, 0.15) is 15.7 Å². The first kappa shape index (κ1) is 23.4. The van der Waals surface area contributed by atoms with E-state index in [1.807, 2.05) is 37.3 Å². The van der Waals surface area contributed by atoms with Crippen LogP contribution in [0.4, 0.5) is 10.7 Å². The molecule has 0 aliphatic carbocycles. The van der Waals surface area contributed by atoms with Gasteiger partial charge in [0.05, 0.1) is 22.5 Å². The molecular weight excluding hydrogens is 504 g/mol. The minimum Gasteiger partial charge on any atom is -0.461 e. The van der Waals surface area contributed by atoms with Crippen molar-refractivity contribution < 1.29 is 14.3 Å². The lowest BCUT2D eigenvalue weighted by Gasteiger charge is -2.17. The van der Waals surface area contributed by atoms with Crippen LogP contribution in [0.5, 0.6) is 0 Å². The van der Waals surface area contributed by atoms with Crippen molar-refractivity contribution in [1.82, 2.24) is 25.3 Å². The van der Waals surface area contributed by atoms with E-state index in [0.29, 0.717) is 30.3 Å². The van der Waals surface area contributed by atoms with E-state index < -0.39 is 5.97 Å². The van der Waals surface area contributed by atoms with Gasteiger partial charge in [0.25, 0.3) is 0 Å². The minimum absolute atomic E-state index is 0.222. The molecule has 9 nitrogen and oxygen atoms in total. The number of anilines is 1. The van der Waals surface area contributed by atoms with E-state index >= 15 is 0 Å². The number of amides is 2. The third kappa shape index (κ3) is 4.90. The summed E-state index contributed by atoms with van der Waals surface area (Å²) >= 11 is 4.48. The molecule has 0 spiro atoms. The van der Waals surface area contributed by atoms with Gasteiger partial charge in [-0.3, -0.25) is 5.32 Å². The van der Waals surface area contributed by atoms with Crippen molar-refractivity contribution in [1.29, 1.82) is 0 Å². The Balaban J connectivity index is 1.58. The average Bonchev–Trinajstić information content (AvgIpc) is 3.51. The van der Waals surface area contributed by atoms with E-state index in [4.69, 9.17) is 9.72 Å². The van der Waals surface area contributed by atoms with E-state index in [1.54, 1.807) is 24.1 Å². The van der Waals surface area contributed by atoms with Crippen LogP contribution in [-0.2, 0) is 10.5 Å². The van der Waals surface area contributed by atoms with Crippen LogP contribution in [0.3, 0.4) is 0 Å². The Morgan fingerprint density at radius 3 is 2.74 bits per heavy atom. The van der Waals surface area contributed by atoms with Gasteiger partial charge >= 0.3 is 12.0 Å². The third-order valence-electron chi connectivity index (χ3n) is 4.92. The molecule has 0 fully saturated rings. The zero-order valence-electron chi connectivity index (χ0n) is 18.8. The third-order valence-corrected chi connectivity index (χ3v) is 8.01. The molecule has 0 saturated carbocycles. The molecule has 0 atom stereocenters. The fourth-order valence-corrected chi connectivity index (χ4v) is 6.28. The number of carbonyl (C=O) groups is 2. The summed E-state index contributed by atoms with van der Waals surface area (Å²) in [5, 5.41) is 8.58. The van der Waals surface area contributed by atoms with Gasteiger partial charge in [-0.25, -0.2) is 29.5 Å². The van der Waals surface area contributed by atoms with E-state index in [9.17, 15) is 9.59 Å². The number of benzene rings is 1. The number of esters is 1. The van der Waals surface area contributed by atoms with Crippen molar-refractivity contribution >= 4 is 73.6 Å².